The molecule has 4 heteroatoms. The lowest BCUT2D eigenvalue weighted by molar-refractivity contribution is 0.672. The Hall–Kier alpha value is -1.81. The zero-order chi connectivity index (χ0) is 12.1. The molecule has 1 aromatic heterocycles. The average molecular weight is 230 g/mol. The topological polar surface area (TPSA) is 55.9 Å². The molecule has 0 amide bonds. The molecule has 0 radical (unpaired) electrons. The van der Waals surface area contributed by atoms with Crippen LogP contribution in [-0.2, 0) is 7.05 Å². The Kier molecular flexibility index (Phi) is 3.77. The summed E-state index contributed by atoms with van der Waals surface area (Å²) in [6, 6.07) is 12.2. The summed E-state index contributed by atoms with van der Waals surface area (Å²) < 4.78 is 1.78. The standard InChI is InChI=1S/C13H18N4/c1-17-10-8-13(16-17)15-9-7-12(14)11-5-3-2-4-6-11/h2-6,8,10,12H,7,9,14H2,1H3,(H,15,16). The van der Waals surface area contributed by atoms with Gasteiger partial charge >= 0.3 is 0 Å². The van der Waals surface area contributed by atoms with Crippen molar-refractivity contribution in [2.24, 2.45) is 12.8 Å². The predicted octanol–water partition coefficient (Wildman–Crippen LogP) is 1.92. The Labute approximate surface area is 101 Å². The van der Waals surface area contributed by atoms with Crippen LogP contribution in [0.1, 0.15) is 18.0 Å². The Morgan fingerprint density at radius 2 is 2.06 bits per heavy atom. The Balaban J connectivity index is 1.79. The molecule has 2 aromatic rings. The molecule has 2 rings (SSSR count). The van der Waals surface area contributed by atoms with E-state index in [0.717, 1.165) is 18.8 Å². The number of nitrogens with two attached hydrogens (primary N) is 1. The molecule has 1 atom stereocenters. The summed E-state index contributed by atoms with van der Waals surface area (Å²) in [6.45, 7) is 0.826. The zero-order valence-corrected chi connectivity index (χ0v) is 10.0. The first-order valence-corrected chi connectivity index (χ1v) is 5.80. The summed E-state index contributed by atoms with van der Waals surface area (Å²) in [5.74, 6) is 0.896. The van der Waals surface area contributed by atoms with Gasteiger partial charge in [0.25, 0.3) is 0 Å². The van der Waals surface area contributed by atoms with E-state index < -0.39 is 0 Å². The van der Waals surface area contributed by atoms with Gasteiger partial charge in [0.05, 0.1) is 0 Å². The van der Waals surface area contributed by atoms with Gasteiger partial charge in [0.2, 0.25) is 0 Å². The van der Waals surface area contributed by atoms with Crippen LogP contribution < -0.4 is 11.1 Å². The van der Waals surface area contributed by atoms with Gasteiger partial charge in [-0.1, -0.05) is 30.3 Å². The van der Waals surface area contributed by atoms with Gasteiger partial charge in [-0.2, -0.15) is 5.10 Å². The normalized spacial score (nSPS) is 12.4. The van der Waals surface area contributed by atoms with Crippen LogP contribution in [-0.4, -0.2) is 16.3 Å². The predicted molar refractivity (Wildman–Crippen MR) is 69.7 cm³/mol. The van der Waals surface area contributed by atoms with Crippen molar-refractivity contribution in [3.8, 4) is 0 Å². The van der Waals surface area contributed by atoms with Gasteiger partial charge in [-0.25, -0.2) is 0 Å². The van der Waals surface area contributed by atoms with Crippen molar-refractivity contribution in [2.75, 3.05) is 11.9 Å². The molecule has 1 heterocycles. The summed E-state index contributed by atoms with van der Waals surface area (Å²) in [4.78, 5) is 0. The van der Waals surface area contributed by atoms with Crippen LogP contribution in [0.5, 0.6) is 0 Å². The maximum atomic E-state index is 6.10. The molecular weight excluding hydrogens is 212 g/mol. The van der Waals surface area contributed by atoms with Crippen molar-refractivity contribution in [2.45, 2.75) is 12.5 Å². The van der Waals surface area contributed by atoms with Crippen LogP contribution in [0.4, 0.5) is 5.82 Å². The average Bonchev–Trinajstić information content (AvgIpc) is 2.76. The smallest absolute Gasteiger partial charge is 0.147 e. The van der Waals surface area contributed by atoms with E-state index in [2.05, 4.69) is 22.5 Å². The van der Waals surface area contributed by atoms with Gasteiger partial charge in [-0.05, 0) is 12.0 Å². The van der Waals surface area contributed by atoms with Crippen LogP contribution in [0.3, 0.4) is 0 Å². The minimum Gasteiger partial charge on any atom is -0.369 e. The van der Waals surface area contributed by atoms with E-state index in [-0.39, 0.29) is 6.04 Å². The number of nitrogens with one attached hydrogen (secondary N) is 1. The largest absolute Gasteiger partial charge is 0.369 e. The van der Waals surface area contributed by atoms with Crippen LogP contribution in [0.15, 0.2) is 42.6 Å². The third-order valence-electron chi connectivity index (χ3n) is 2.70. The van der Waals surface area contributed by atoms with Crippen LogP contribution in [0.25, 0.3) is 0 Å². The highest BCUT2D eigenvalue weighted by atomic mass is 15.3. The highest BCUT2D eigenvalue weighted by Crippen LogP contribution is 2.13. The van der Waals surface area contributed by atoms with Crippen molar-refractivity contribution in [3.05, 3.63) is 48.2 Å². The summed E-state index contributed by atoms with van der Waals surface area (Å²) in [7, 11) is 1.90. The first-order chi connectivity index (χ1) is 8.25. The number of aryl methyl sites for hydroxylation is 1. The molecule has 1 aromatic carbocycles. The molecule has 4 nitrogen and oxygen atoms in total. The second kappa shape index (κ2) is 5.50. The maximum Gasteiger partial charge on any atom is 0.147 e. The quantitative estimate of drug-likeness (QED) is 0.825. The molecule has 90 valence electrons. The summed E-state index contributed by atoms with van der Waals surface area (Å²) in [5, 5.41) is 7.50. The Bertz CT molecular complexity index is 449. The molecule has 1 unspecified atom stereocenters. The number of benzene rings is 1. The molecule has 0 aliphatic rings. The minimum absolute atomic E-state index is 0.0763. The second-order valence-corrected chi connectivity index (χ2v) is 4.11. The molecule has 0 spiro atoms. The number of nitrogens with zero attached hydrogens (tertiary/aromatic N) is 2. The van der Waals surface area contributed by atoms with Crippen LogP contribution in [0, 0.1) is 0 Å². The minimum atomic E-state index is 0.0763. The first-order valence-electron chi connectivity index (χ1n) is 5.80. The first kappa shape index (κ1) is 11.7. The molecule has 17 heavy (non-hydrogen) atoms. The molecular formula is C13H18N4. The third-order valence-corrected chi connectivity index (χ3v) is 2.70. The lowest BCUT2D eigenvalue weighted by Crippen LogP contribution is -2.15. The molecule has 0 saturated heterocycles. The fourth-order valence-corrected chi connectivity index (χ4v) is 1.73. The maximum absolute atomic E-state index is 6.10. The SMILES string of the molecule is Cn1ccc(NCCC(N)c2ccccc2)n1. The zero-order valence-electron chi connectivity index (χ0n) is 10.0. The fraction of sp³-hybridized carbons (Fsp3) is 0.308. The molecule has 0 saturated carbocycles. The molecule has 0 aliphatic carbocycles. The van der Waals surface area contributed by atoms with Crippen molar-refractivity contribution in [3.63, 3.8) is 0 Å². The lowest BCUT2D eigenvalue weighted by Gasteiger charge is -2.12. The van der Waals surface area contributed by atoms with Gasteiger partial charge in [0.15, 0.2) is 0 Å². The summed E-state index contributed by atoms with van der Waals surface area (Å²) in [5.41, 5.74) is 7.27. The van der Waals surface area contributed by atoms with Gasteiger partial charge in [0, 0.05) is 31.9 Å². The molecule has 3 N–H and O–H groups in total. The van der Waals surface area contributed by atoms with Gasteiger partial charge < -0.3 is 11.1 Å². The van der Waals surface area contributed by atoms with Gasteiger partial charge in [-0.3, -0.25) is 4.68 Å². The van der Waals surface area contributed by atoms with E-state index in [9.17, 15) is 0 Å². The van der Waals surface area contributed by atoms with E-state index in [4.69, 9.17) is 5.73 Å². The molecule has 0 fully saturated rings. The highest BCUT2D eigenvalue weighted by Gasteiger charge is 2.04. The Morgan fingerprint density at radius 3 is 2.71 bits per heavy atom. The van der Waals surface area contributed by atoms with E-state index in [1.165, 1.54) is 5.56 Å². The lowest BCUT2D eigenvalue weighted by atomic mass is 10.1. The van der Waals surface area contributed by atoms with E-state index in [1.807, 2.05) is 37.5 Å². The van der Waals surface area contributed by atoms with Gasteiger partial charge in [-0.15, -0.1) is 0 Å². The highest BCUT2D eigenvalue weighted by molar-refractivity contribution is 5.32. The number of rotatable bonds is 5. The van der Waals surface area contributed by atoms with E-state index >= 15 is 0 Å². The van der Waals surface area contributed by atoms with Crippen LogP contribution in [0.2, 0.25) is 0 Å². The van der Waals surface area contributed by atoms with Crippen molar-refractivity contribution < 1.29 is 0 Å². The summed E-state index contributed by atoms with van der Waals surface area (Å²) in [6.07, 6.45) is 2.81. The van der Waals surface area contributed by atoms with E-state index in [1.54, 1.807) is 4.68 Å². The number of hydrogen-bond donors (Lipinski definition) is 2. The second-order valence-electron chi connectivity index (χ2n) is 4.11. The third kappa shape index (κ3) is 3.32. The fourth-order valence-electron chi connectivity index (χ4n) is 1.73. The van der Waals surface area contributed by atoms with Gasteiger partial charge in [0.1, 0.15) is 5.82 Å². The number of hydrogen-bond acceptors (Lipinski definition) is 3. The van der Waals surface area contributed by atoms with Crippen molar-refractivity contribution in [1.82, 2.24) is 9.78 Å². The summed E-state index contributed by atoms with van der Waals surface area (Å²) >= 11 is 0. The van der Waals surface area contributed by atoms with Crippen molar-refractivity contribution in [1.29, 1.82) is 0 Å². The van der Waals surface area contributed by atoms with Crippen LogP contribution >= 0.6 is 0 Å². The number of aromatic nitrogens is 2. The van der Waals surface area contributed by atoms with Crippen molar-refractivity contribution >= 4 is 5.82 Å². The molecule has 0 aliphatic heterocycles. The molecule has 0 bridgehead atoms. The number of anilines is 1. The Morgan fingerprint density at radius 1 is 1.29 bits per heavy atom. The van der Waals surface area contributed by atoms with E-state index in [0.29, 0.717) is 0 Å². The monoisotopic (exact) mass is 230 g/mol.